The van der Waals surface area contributed by atoms with Crippen LogP contribution in [-0.4, -0.2) is 29.0 Å². The van der Waals surface area contributed by atoms with E-state index in [4.69, 9.17) is 11.6 Å². The van der Waals surface area contributed by atoms with Crippen LogP contribution in [0.4, 0.5) is 18.9 Å². The summed E-state index contributed by atoms with van der Waals surface area (Å²) in [4.78, 5) is 14.1. The molecular formula is C19H20ClF3N2O2. The summed E-state index contributed by atoms with van der Waals surface area (Å²) < 4.78 is 39.4. The SMILES string of the molecule is CCCN(CC(=O)Nc1c(Cl)cccc1C(F)(F)F)Cc1ccccc1O. The summed E-state index contributed by atoms with van der Waals surface area (Å²) in [5.74, 6) is -0.512. The molecule has 0 aromatic heterocycles. The normalized spacial score (nSPS) is 11.6. The second-order valence-corrected chi connectivity index (χ2v) is 6.45. The number of rotatable bonds is 7. The van der Waals surface area contributed by atoms with E-state index in [0.29, 0.717) is 18.7 Å². The second-order valence-electron chi connectivity index (χ2n) is 6.05. The van der Waals surface area contributed by atoms with E-state index in [2.05, 4.69) is 5.32 Å². The lowest BCUT2D eigenvalue weighted by molar-refractivity contribution is -0.137. The number of phenolic OH excluding ortho intramolecular Hbond substituents is 1. The van der Waals surface area contributed by atoms with Crippen molar-refractivity contribution in [2.75, 3.05) is 18.4 Å². The van der Waals surface area contributed by atoms with Crippen molar-refractivity contribution in [2.45, 2.75) is 26.1 Å². The maximum Gasteiger partial charge on any atom is 0.418 e. The Hall–Kier alpha value is -2.25. The molecule has 4 nitrogen and oxygen atoms in total. The fraction of sp³-hybridized carbons (Fsp3) is 0.316. The van der Waals surface area contributed by atoms with Crippen molar-refractivity contribution in [2.24, 2.45) is 0 Å². The Labute approximate surface area is 160 Å². The van der Waals surface area contributed by atoms with Gasteiger partial charge in [0.2, 0.25) is 5.91 Å². The van der Waals surface area contributed by atoms with E-state index >= 15 is 0 Å². The molecule has 146 valence electrons. The molecule has 0 aliphatic carbocycles. The molecule has 0 heterocycles. The van der Waals surface area contributed by atoms with Crippen LogP contribution in [0.5, 0.6) is 5.75 Å². The van der Waals surface area contributed by atoms with Gasteiger partial charge in [-0.25, -0.2) is 0 Å². The highest BCUT2D eigenvalue weighted by atomic mass is 35.5. The lowest BCUT2D eigenvalue weighted by Gasteiger charge is -2.22. The molecule has 2 rings (SSSR count). The molecule has 0 aliphatic heterocycles. The van der Waals surface area contributed by atoms with Crippen molar-refractivity contribution in [3.8, 4) is 5.75 Å². The molecule has 0 saturated heterocycles. The first kappa shape index (κ1) is 21.1. The van der Waals surface area contributed by atoms with Crippen LogP contribution in [0.25, 0.3) is 0 Å². The van der Waals surface area contributed by atoms with Crippen LogP contribution in [-0.2, 0) is 17.5 Å². The maximum atomic E-state index is 13.1. The number of nitrogens with one attached hydrogen (secondary N) is 1. The Balaban J connectivity index is 2.14. The van der Waals surface area contributed by atoms with E-state index in [1.54, 1.807) is 29.2 Å². The Morgan fingerprint density at radius 1 is 1.19 bits per heavy atom. The number of nitrogens with zero attached hydrogens (tertiary/aromatic N) is 1. The summed E-state index contributed by atoms with van der Waals surface area (Å²) in [5, 5.41) is 12.0. The van der Waals surface area contributed by atoms with E-state index in [1.807, 2.05) is 6.92 Å². The van der Waals surface area contributed by atoms with E-state index in [-0.39, 0.29) is 17.3 Å². The predicted molar refractivity (Wildman–Crippen MR) is 98.8 cm³/mol. The molecule has 0 atom stereocenters. The van der Waals surface area contributed by atoms with Crippen LogP contribution >= 0.6 is 11.6 Å². The van der Waals surface area contributed by atoms with Crippen LogP contribution in [0.15, 0.2) is 42.5 Å². The average molecular weight is 401 g/mol. The van der Waals surface area contributed by atoms with Gasteiger partial charge in [-0.3, -0.25) is 9.69 Å². The number of anilines is 1. The highest BCUT2D eigenvalue weighted by molar-refractivity contribution is 6.34. The third-order valence-corrected chi connectivity index (χ3v) is 4.19. The first-order valence-electron chi connectivity index (χ1n) is 8.37. The maximum absolute atomic E-state index is 13.1. The molecular weight excluding hydrogens is 381 g/mol. The average Bonchev–Trinajstić information content (AvgIpc) is 2.58. The molecule has 0 saturated carbocycles. The van der Waals surface area contributed by atoms with Crippen LogP contribution in [0.2, 0.25) is 5.02 Å². The molecule has 0 spiro atoms. The minimum Gasteiger partial charge on any atom is -0.508 e. The summed E-state index contributed by atoms with van der Waals surface area (Å²) in [7, 11) is 0. The summed E-state index contributed by atoms with van der Waals surface area (Å²) in [6.07, 6.45) is -3.90. The number of phenols is 1. The van der Waals surface area contributed by atoms with Crippen molar-refractivity contribution in [1.82, 2.24) is 4.90 Å². The van der Waals surface area contributed by atoms with Gasteiger partial charge in [0.25, 0.3) is 0 Å². The smallest absolute Gasteiger partial charge is 0.418 e. The fourth-order valence-electron chi connectivity index (χ4n) is 2.69. The number of para-hydroxylation sites is 2. The standard InChI is InChI=1S/C19H20ClF3N2O2/c1-2-10-25(11-13-6-3-4-9-16(13)26)12-17(27)24-18-14(19(21,22)23)7-5-8-15(18)20/h3-9,26H,2,10-12H2,1H3,(H,24,27). The molecule has 0 fully saturated rings. The van der Waals surface area contributed by atoms with Gasteiger partial charge in [-0.1, -0.05) is 42.8 Å². The van der Waals surface area contributed by atoms with E-state index in [9.17, 15) is 23.1 Å². The van der Waals surface area contributed by atoms with Gasteiger partial charge in [-0.05, 0) is 31.2 Å². The van der Waals surface area contributed by atoms with Gasteiger partial charge < -0.3 is 10.4 Å². The second kappa shape index (κ2) is 9.10. The van der Waals surface area contributed by atoms with Crippen LogP contribution in [0.3, 0.4) is 0 Å². The van der Waals surface area contributed by atoms with E-state index in [0.717, 1.165) is 12.5 Å². The van der Waals surface area contributed by atoms with Gasteiger partial charge in [0.05, 0.1) is 22.8 Å². The van der Waals surface area contributed by atoms with Crippen LogP contribution < -0.4 is 5.32 Å². The first-order valence-corrected chi connectivity index (χ1v) is 8.75. The Morgan fingerprint density at radius 2 is 1.89 bits per heavy atom. The predicted octanol–water partition coefficient (Wildman–Crippen LogP) is 4.92. The van der Waals surface area contributed by atoms with Gasteiger partial charge in [-0.15, -0.1) is 0 Å². The number of amides is 1. The summed E-state index contributed by atoms with van der Waals surface area (Å²) >= 11 is 5.87. The molecule has 2 N–H and O–H groups in total. The van der Waals surface area contributed by atoms with E-state index < -0.39 is 23.3 Å². The minimum atomic E-state index is -4.63. The van der Waals surface area contributed by atoms with Crippen molar-refractivity contribution in [3.05, 3.63) is 58.6 Å². The quantitative estimate of drug-likeness (QED) is 0.694. The minimum absolute atomic E-state index is 0.101. The summed E-state index contributed by atoms with van der Waals surface area (Å²) in [5.41, 5.74) is -0.811. The monoisotopic (exact) mass is 400 g/mol. The summed E-state index contributed by atoms with van der Waals surface area (Å²) in [6, 6.07) is 10.1. The zero-order chi connectivity index (χ0) is 20.0. The van der Waals surface area contributed by atoms with Crippen molar-refractivity contribution < 1.29 is 23.1 Å². The number of halogens is 4. The first-order chi connectivity index (χ1) is 12.7. The summed E-state index contributed by atoms with van der Waals surface area (Å²) in [6.45, 7) is 2.62. The molecule has 0 bridgehead atoms. The molecule has 2 aromatic carbocycles. The molecule has 27 heavy (non-hydrogen) atoms. The van der Waals surface area contributed by atoms with Gasteiger partial charge in [0, 0.05) is 12.1 Å². The lowest BCUT2D eigenvalue weighted by atomic mass is 10.1. The topological polar surface area (TPSA) is 52.6 Å². The van der Waals surface area contributed by atoms with Gasteiger partial charge in [0.15, 0.2) is 0 Å². The van der Waals surface area contributed by atoms with Crippen LogP contribution in [0.1, 0.15) is 24.5 Å². The highest BCUT2D eigenvalue weighted by Crippen LogP contribution is 2.38. The third-order valence-electron chi connectivity index (χ3n) is 3.88. The Kier molecular flexibility index (Phi) is 7.10. The fourth-order valence-corrected chi connectivity index (χ4v) is 2.91. The third kappa shape index (κ3) is 5.87. The number of carbonyl (C=O) groups is 1. The number of benzene rings is 2. The highest BCUT2D eigenvalue weighted by Gasteiger charge is 2.34. The largest absolute Gasteiger partial charge is 0.508 e. The molecule has 0 radical (unpaired) electrons. The van der Waals surface area contributed by atoms with Crippen molar-refractivity contribution in [3.63, 3.8) is 0 Å². The molecule has 0 unspecified atom stereocenters. The number of hydrogen-bond acceptors (Lipinski definition) is 3. The molecule has 0 aliphatic rings. The van der Waals surface area contributed by atoms with Gasteiger partial charge in [0.1, 0.15) is 5.75 Å². The Morgan fingerprint density at radius 3 is 2.52 bits per heavy atom. The van der Waals surface area contributed by atoms with Crippen LogP contribution in [0, 0.1) is 0 Å². The Bertz CT molecular complexity index is 797. The van der Waals surface area contributed by atoms with Crippen molar-refractivity contribution >= 4 is 23.2 Å². The lowest BCUT2D eigenvalue weighted by Crippen LogP contribution is -2.34. The van der Waals surface area contributed by atoms with Gasteiger partial charge in [-0.2, -0.15) is 13.2 Å². The van der Waals surface area contributed by atoms with Crippen molar-refractivity contribution in [1.29, 1.82) is 0 Å². The van der Waals surface area contributed by atoms with Gasteiger partial charge >= 0.3 is 6.18 Å². The molecule has 2 aromatic rings. The zero-order valence-electron chi connectivity index (χ0n) is 14.7. The number of aromatic hydroxyl groups is 1. The zero-order valence-corrected chi connectivity index (χ0v) is 15.4. The molecule has 8 heteroatoms. The van der Waals surface area contributed by atoms with E-state index in [1.165, 1.54) is 12.1 Å². The number of hydrogen-bond donors (Lipinski definition) is 2. The number of alkyl halides is 3. The molecule has 1 amide bonds. The number of carbonyl (C=O) groups excluding carboxylic acids is 1.